The van der Waals surface area contributed by atoms with E-state index in [-0.39, 0.29) is 12.1 Å². The van der Waals surface area contributed by atoms with Gasteiger partial charge in [0.05, 0.1) is 17.9 Å². The van der Waals surface area contributed by atoms with Crippen molar-refractivity contribution in [1.82, 2.24) is 20.4 Å². The molecule has 0 aliphatic carbocycles. The number of amides is 2. The Balaban J connectivity index is 1.46. The van der Waals surface area contributed by atoms with Crippen LogP contribution < -0.4 is 10.6 Å². The molecular weight excluding hydrogens is 332 g/mol. The predicted molar refractivity (Wildman–Crippen MR) is 101 cm³/mol. The Morgan fingerprint density at radius 1 is 1.24 bits per heavy atom. The van der Waals surface area contributed by atoms with Crippen molar-refractivity contribution in [2.45, 2.75) is 25.8 Å². The molecule has 2 heterocycles. The number of rotatable bonds is 7. The van der Waals surface area contributed by atoms with Crippen LogP contribution in [-0.2, 0) is 6.42 Å². The van der Waals surface area contributed by atoms with Crippen LogP contribution in [0.4, 0.5) is 4.79 Å². The normalized spacial score (nSPS) is 11.9. The summed E-state index contributed by atoms with van der Waals surface area (Å²) in [6.07, 6.45) is 5.45. The van der Waals surface area contributed by atoms with Crippen molar-refractivity contribution in [3.63, 3.8) is 0 Å². The predicted octanol–water partition coefficient (Wildman–Crippen LogP) is 3.93. The number of hydrogen-bond acceptors (Lipinski definition) is 3. The van der Waals surface area contributed by atoms with Crippen LogP contribution in [0.1, 0.15) is 29.8 Å². The molecule has 0 aliphatic heterocycles. The summed E-state index contributed by atoms with van der Waals surface area (Å²) >= 11 is 1.67. The van der Waals surface area contributed by atoms with Gasteiger partial charge in [0.2, 0.25) is 0 Å². The summed E-state index contributed by atoms with van der Waals surface area (Å²) in [6.45, 7) is 2.65. The first kappa shape index (κ1) is 17.2. The molecule has 130 valence electrons. The van der Waals surface area contributed by atoms with Gasteiger partial charge in [0.25, 0.3) is 0 Å². The van der Waals surface area contributed by atoms with Crippen molar-refractivity contribution in [2.75, 3.05) is 6.54 Å². The second kappa shape index (κ2) is 8.48. The molecule has 0 radical (unpaired) electrons. The van der Waals surface area contributed by atoms with Crippen LogP contribution >= 0.6 is 11.3 Å². The molecule has 2 N–H and O–H groups in total. The summed E-state index contributed by atoms with van der Waals surface area (Å²) in [6, 6.07) is 14.0. The average molecular weight is 354 g/mol. The molecule has 3 rings (SSSR count). The number of hydrogen-bond donors (Lipinski definition) is 2. The number of nitrogens with zero attached hydrogens (tertiary/aromatic N) is 2. The Labute approximate surface area is 151 Å². The number of carbonyl (C=O) groups excluding carboxylic acids is 1. The highest BCUT2D eigenvalue weighted by Gasteiger charge is 2.13. The van der Waals surface area contributed by atoms with Crippen molar-refractivity contribution < 1.29 is 4.79 Å². The lowest BCUT2D eigenvalue weighted by atomic mass is 10.2. The minimum absolute atomic E-state index is 0.0702. The average Bonchev–Trinajstić information content (AvgIpc) is 3.32. The van der Waals surface area contributed by atoms with Gasteiger partial charge in [-0.2, -0.15) is 5.10 Å². The molecule has 1 unspecified atom stereocenters. The van der Waals surface area contributed by atoms with E-state index in [1.807, 2.05) is 58.9 Å². The summed E-state index contributed by atoms with van der Waals surface area (Å²) in [5, 5.41) is 12.3. The topological polar surface area (TPSA) is 59.0 Å². The Bertz CT molecular complexity index is 783. The Morgan fingerprint density at radius 3 is 2.80 bits per heavy atom. The zero-order valence-corrected chi connectivity index (χ0v) is 15.0. The lowest BCUT2D eigenvalue weighted by Crippen LogP contribution is -2.38. The first-order valence-electron chi connectivity index (χ1n) is 8.43. The second-order valence-corrected chi connectivity index (χ2v) is 6.73. The monoisotopic (exact) mass is 354 g/mol. The number of para-hydroxylation sites is 1. The first-order valence-corrected chi connectivity index (χ1v) is 9.31. The smallest absolute Gasteiger partial charge is 0.315 e. The Morgan fingerprint density at radius 2 is 2.08 bits per heavy atom. The van der Waals surface area contributed by atoms with Crippen LogP contribution in [0, 0.1) is 0 Å². The highest BCUT2D eigenvalue weighted by molar-refractivity contribution is 7.10. The van der Waals surface area contributed by atoms with E-state index >= 15 is 0 Å². The van der Waals surface area contributed by atoms with Gasteiger partial charge in [-0.05, 0) is 42.0 Å². The van der Waals surface area contributed by atoms with Gasteiger partial charge in [0.1, 0.15) is 0 Å². The molecule has 0 spiro atoms. The SMILES string of the molecule is CCC(NC(=O)NCCc1cnn(-c2ccccc2)c1)c1cccs1. The molecule has 0 bridgehead atoms. The molecule has 6 heteroatoms. The quantitative estimate of drug-likeness (QED) is 0.675. The van der Waals surface area contributed by atoms with E-state index in [2.05, 4.69) is 28.7 Å². The van der Waals surface area contributed by atoms with Crippen molar-refractivity contribution in [1.29, 1.82) is 0 Å². The van der Waals surface area contributed by atoms with E-state index in [0.717, 1.165) is 24.1 Å². The van der Waals surface area contributed by atoms with Crippen molar-refractivity contribution in [3.05, 3.63) is 70.7 Å². The Hall–Kier alpha value is -2.60. The van der Waals surface area contributed by atoms with E-state index in [0.29, 0.717) is 6.54 Å². The van der Waals surface area contributed by atoms with Gasteiger partial charge in [-0.25, -0.2) is 9.48 Å². The lowest BCUT2D eigenvalue weighted by Gasteiger charge is -2.16. The number of thiophene rings is 1. The lowest BCUT2D eigenvalue weighted by molar-refractivity contribution is 0.237. The maximum absolute atomic E-state index is 12.1. The minimum Gasteiger partial charge on any atom is -0.338 e. The van der Waals surface area contributed by atoms with Crippen LogP contribution in [0.3, 0.4) is 0 Å². The van der Waals surface area contributed by atoms with E-state index in [4.69, 9.17) is 0 Å². The number of aromatic nitrogens is 2. The third-order valence-corrected chi connectivity index (χ3v) is 4.94. The zero-order valence-electron chi connectivity index (χ0n) is 14.2. The third kappa shape index (κ3) is 4.70. The van der Waals surface area contributed by atoms with E-state index < -0.39 is 0 Å². The fourth-order valence-electron chi connectivity index (χ4n) is 2.60. The van der Waals surface area contributed by atoms with E-state index in [1.54, 1.807) is 11.3 Å². The maximum atomic E-state index is 12.1. The van der Waals surface area contributed by atoms with Crippen LogP contribution in [0.5, 0.6) is 0 Å². The van der Waals surface area contributed by atoms with Gasteiger partial charge < -0.3 is 10.6 Å². The molecule has 5 nitrogen and oxygen atoms in total. The molecule has 0 fully saturated rings. The zero-order chi connectivity index (χ0) is 17.5. The number of nitrogens with one attached hydrogen (secondary N) is 2. The first-order chi connectivity index (χ1) is 12.3. The maximum Gasteiger partial charge on any atom is 0.315 e. The fourth-order valence-corrected chi connectivity index (χ4v) is 3.47. The minimum atomic E-state index is -0.129. The molecule has 3 aromatic rings. The van der Waals surface area contributed by atoms with Gasteiger partial charge in [-0.3, -0.25) is 0 Å². The summed E-state index contributed by atoms with van der Waals surface area (Å²) in [5.74, 6) is 0. The molecule has 2 amide bonds. The summed E-state index contributed by atoms with van der Waals surface area (Å²) in [7, 11) is 0. The van der Waals surface area contributed by atoms with E-state index in [9.17, 15) is 4.79 Å². The molecule has 0 aliphatic rings. The highest BCUT2D eigenvalue weighted by Crippen LogP contribution is 2.21. The second-order valence-electron chi connectivity index (χ2n) is 5.76. The molecule has 1 atom stereocenters. The largest absolute Gasteiger partial charge is 0.338 e. The van der Waals surface area contributed by atoms with Crippen LogP contribution in [0.15, 0.2) is 60.2 Å². The molecular formula is C19H22N4OS. The van der Waals surface area contributed by atoms with Gasteiger partial charge in [0.15, 0.2) is 0 Å². The molecule has 0 saturated heterocycles. The van der Waals surface area contributed by atoms with Crippen LogP contribution in [0.2, 0.25) is 0 Å². The van der Waals surface area contributed by atoms with Gasteiger partial charge in [0, 0.05) is 17.6 Å². The number of urea groups is 1. The molecule has 25 heavy (non-hydrogen) atoms. The van der Waals surface area contributed by atoms with Crippen molar-refractivity contribution >= 4 is 17.4 Å². The van der Waals surface area contributed by atoms with Gasteiger partial charge in [-0.1, -0.05) is 31.2 Å². The summed E-state index contributed by atoms with van der Waals surface area (Å²) in [4.78, 5) is 13.3. The van der Waals surface area contributed by atoms with Crippen molar-refractivity contribution in [2.24, 2.45) is 0 Å². The van der Waals surface area contributed by atoms with Gasteiger partial charge in [-0.15, -0.1) is 11.3 Å². The summed E-state index contributed by atoms with van der Waals surface area (Å²) in [5.41, 5.74) is 2.12. The third-order valence-electron chi connectivity index (χ3n) is 3.96. The fraction of sp³-hybridized carbons (Fsp3) is 0.263. The van der Waals surface area contributed by atoms with E-state index in [1.165, 1.54) is 4.88 Å². The molecule has 1 aromatic carbocycles. The van der Waals surface area contributed by atoms with Crippen LogP contribution in [0.25, 0.3) is 5.69 Å². The number of benzene rings is 1. The van der Waals surface area contributed by atoms with Crippen molar-refractivity contribution in [3.8, 4) is 5.69 Å². The van der Waals surface area contributed by atoms with Gasteiger partial charge >= 0.3 is 6.03 Å². The van der Waals surface area contributed by atoms with Crippen LogP contribution in [-0.4, -0.2) is 22.4 Å². The highest BCUT2D eigenvalue weighted by atomic mass is 32.1. The number of carbonyl (C=O) groups is 1. The summed E-state index contributed by atoms with van der Waals surface area (Å²) < 4.78 is 1.85. The molecule has 0 saturated carbocycles. The molecule has 2 aromatic heterocycles. The standard InChI is InChI=1S/C19H22N4OS/c1-2-17(18-9-6-12-25-18)22-19(24)20-11-10-15-13-21-23(14-15)16-7-4-3-5-8-16/h3-9,12-14,17H,2,10-11H2,1H3,(H2,20,22,24). The Kier molecular flexibility index (Phi) is 5.85.